The molecule has 0 aliphatic carbocycles. The number of nitrogens with one attached hydrogen (secondary N) is 1. The number of nitrogens with zero attached hydrogens (tertiary/aromatic N) is 4. The van der Waals surface area contributed by atoms with Gasteiger partial charge in [0.2, 0.25) is 5.91 Å². The Bertz CT molecular complexity index is 1210. The first-order valence-corrected chi connectivity index (χ1v) is 12.0. The molecule has 0 saturated carbocycles. The summed E-state index contributed by atoms with van der Waals surface area (Å²) in [7, 11) is 0. The van der Waals surface area contributed by atoms with Crippen LogP contribution in [0.4, 0.5) is 0 Å². The summed E-state index contributed by atoms with van der Waals surface area (Å²) >= 11 is 1.42. The molecule has 0 bridgehead atoms. The van der Waals surface area contributed by atoms with Crippen molar-refractivity contribution in [3.63, 3.8) is 0 Å². The molecule has 2 aromatic carbocycles. The third-order valence-corrected chi connectivity index (χ3v) is 6.21. The summed E-state index contributed by atoms with van der Waals surface area (Å²) in [5, 5.41) is 13.7. The molecular weight excluding hydrogens is 418 g/mol. The first-order valence-electron chi connectivity index (χ1n) is 11.0. The van der Waals surface area contributed by atoms with Gasteiger partial charge in [-0.1, -0.05) is 73.6 Å². The van der Waals surface area contributed by atoms with Crippen LogP contribution in [0.25, 0.3) is 33.5 Å². The minimum absolute atomic E-state index is 0.0244. The van der Waals surface area contributed by atoms with Crippen molar-refractivity contribution in [1.82, 2.24) is 25.1 Å². The zero-order valence-electron chi connectivity index (χ0n) is 18.4. The second-order valence-electron chi connectivity index (χ2n) is 7.48. The quantitative estimate of drug-likeness (QED) is 0.284. The van der Waals surface area contributed by atoms with Crippen LogP contribution in [-0.4, -0.2) is 38.0 Å². The third-order valence-electron chi connectivity index (χ3n) is 5.24. The fourth-order valence-electron chi connectivity index (χ4n) is 3.58. The zero-order valence-corrected chi connectivity index (χ0v) is 19.2. The number of para-hydroxylation sites is 1. The van der Waals surface area contributed by atoms with Gasteiger partial charge < -0.3 is 9.88 Å². The Balaban J connectivity index is 1.69. The lowest BCUT2D eigenvalue weighted by molar-refractivity contribution is -0.118. The van der Waals surface area contributed by atoms with Gasteiger partial charge in [-0.05, 0) is 25.5 Å². The van der Waals surface area contributed by atoms with Gasteiger partial charge in [-0.25, -0.2) is 4.98 Å². The van der Waals surface area contributed by atoms with Crippen molar-refractivity contribution in [2.75, 3.05) is 12.3 Å². The summed E-state index contributed by atoms with van der Waals surface area (Å²) in [5.74, 6) is 1.14. The smallest absolute Gasteiger partial charge is 0.230 e. The van der Waals surface area contributed by atoms with E-state index in [0.717, 1.165) is 51.5 Å². The lowest BCUT2D eigenvalue weighted by atomic mass is 10.0. The molecule has 32 heavy (non-hydrogen) atoms. The van der Waals surface area contributed by atoms with Gasteiger partial charge in [-0.3, -0.25) is 4.79 Å². The van der Waals surface area contributed by atoms with E-state index < -0.39 is 0 Å². The highest BCUT2D eigenvalue weighted by Crippen LogP contribution is 2.32. The molecule has 4 aromatic rings. The molecule has 0 aliphatic rings. The minimum Gasteiger partial charge on any atom is -0.355 e. The van der Waals surface area contributed by atoms with E-state index >= 15 is 0 Å². The fraction of sp³-hybridized carbons (Fsp3) is 0.280. The van der Waals surface area contributed by atoms with E-state index in [0.29, 0.717) is 18.8 Å². The van der Waals surface area contributed by atoms with Gasteiger partial charge in [-0.2, -0.15) is 0 Å². The topological polar surface area (TPSA) is 72.7 Å². The number of carbonyl (C=O) groups excluding carboxylic acids is 1. The molecule has 2 heterocycles. The summed E-state index contributed by atoms with van der Waals surface area (Å²) in [6.45, 7) is 5.60. The Kier molecular flexibility index (Phi) is 7.17. The highest BCUT2D eigenvalue weighted by molar-refractivity contribution is 7.99. The summed E-state index contributed by atoms with van der Waals surface area (Å²) in [4.78, 5) is 17.0. The Morgan fingerprint density at radius 1 is 1.03 bits per heavy atom. The fourth-order valence-corrected chi connectivity index (χ4v) is 4.41. The Morgan fingerprint density at radius 2 is 1.81 bits per heavy atom. The average Bonchev–Trinajstić information content (AvgIpc) is 3.25. The standard InChI is InChI=1S/C25H27N5OS/c1-3-5-15-26-23(31)17-32-25-29-28-24(30(25)4-2)20-16-22(18-11-7-6-8-12-18)27-21-14-10-9-13-19(20)21/h6-14,16H,3-5,15,17H2,1-2H3,(H,26,31). The zero-order chi connectivity index (χ0) is 22.3. The summed E-state index contributed by atoms with van der Waals surface area (Å²) in [6.07, 6.45) is 2.05. The highest BCUT2D eigenvalue weighted by atomic mass is 32.2. The second kappa shape index (κ2) is 10.4. The highest BCUT2D eigenvalue weighted by Gasteiger charge is 2.18. The maximum absolute atomic E-state index is 12.1. The number of pyridine rings is 1. The van der Waals surface area contributed by atoms with Crippen LogP contribution in [0.1, 0.15) is 26.7 Å². The molecule has 0 saturated heterocycles. The average molecular weight is 446 g/mol. The number of amides is 1. The molecule has 4 rings (SSSR count). The molecule has 1 N–H and O–H groups in total. The van der Waals surface area contributed by atoms with Crippen molar-refractivity contribution < 1.29 is 4.79 Å². The van der Waals surface area contributed by atoms with Gasteiger partial charge in [0.05, 0.1) is 17.0 Å². The summed E-state index contributed by atoms with van der Waals surface area (Å²) < 4.78 is 2.07. The van der Waals surface area contributed by atoms with E-state index in [4.69, 9.17) is 4.98 Å². The number of hydrogen-bond donors (Lipinski definition) is 1. The van der Waals surface area contributed by atoms with Gasteiger partial charge in [0.25, 0.3) is 0 Å². The molecule has 1 amide bonds. The van der Waals surface area contributed by atoms with Gasteiger partial charge in [0.15, 0.2) is 11.0 Å². The van der Waals surface area contributed by atoms with Crippen LogP contribution >= 0.6 is 11.8 Å². The lowest BCUT2D eigenvalue weighted by Gasteiger charge is -2.12. The molecule has 0 radical (unpaired) electrons. The number of hydrogen-bond acceptors (Lipinski definition) is 5. The number of aromatic nitrogens is 4. The van der Waals surface area contributed by atoms with E-state index in [1.54, 1.807) is 0 Å². The van der Waals surface area contributed by atoms with Gasteiger partial charge in [-0.15, -0.1) is 10.2 Å². The number of fused-ring (bicyclic) bond motifs is 1. The van der Waals surface area contributed by atoms with Gasteiger partial charge >= 0.3 is 0 Å². The van der Waals surface area contributed by atoms with Crippen molar-refractivity contribution >= 4 is 28.6 Å². The van der Waals surface area contributed by atoms with E-state index in [-0.39, 0.29) is 5.91 Å². The molecule has 164 valence electrons. The Labute approximate surface area is 192 Å². The third kappa shape index (κ3) is 4.83. The molecular formula is C25H27N5OS. The van der Waals surface area contributed by atoms with Crippen molar-refractivity contribution in [1.29, 1.82) is 0 Å². The lowest BCUT2D eigenvalue weighted by Crippen LogP contribution is -2.26. The number of thioether (sulfide) groups is 1. The van der Waals surface area contributed by atoms with Crippen molar-refractivity contribution in [3.8, 4) is 22.6 Å². The van der Waals surface area contributed by atoms with Crippen molar-refractivity contribution in [2.45, 2.75) is 38.4 Å². The van der Waals surface area contributed by atoms with E-state index in [1.165, 1.54) is 11.8 Å². The first kappa shape index (κ1) is 22.0. The molecule has 0 unspecified atom stereocenters. The maximum Gasteiger partial charge on any atom is 0.230 e. The normalized spacial score (nSPS) is 11.1. The van der Waals surface area contributed by atoms with Crippen LogP contribution < -0.4 is 5.32 Å². The number of carbonyl (C=O) groups is 1. The molecule has 7 heteroatoms. The van der Waals surface area contributed by atoms with Crippen LogP contribution in [0.2, 0.25) is 0 Å². The molecule has 2 aromatic heterocycles. The monoisotopic (exact) mass is 445 g/mol. The van der Waals surface area contributed by atoms with Crippen LogP contribution in [0.5, 0.6) is 0 Å². The number of unbranched alkanes of at least 4 members (excludes halogenated alkanes) is 1. The van der Waals surface area contributed by atoms with Crippen LogP contribution in [0.15, 0.2) is 65.8 Å². The SMILES string of the molecule is CCCCNC(=O)CSc1nnc(-c2cc(-c3ccccc3)nc3ccccc23)n1CC. The molecule has 0 fully saturated rings. The molecule has 0 atom stereocenters. The van der Waals surface area contributed by atoms with E-state index in [2.05, 4.69) is 58.2 Å². The predicted octanol–water partition coefficient (Wildman–Crippen LogP) is 5.19. The summed E-state index contributed by atoms with van der Waals surface area (Å²) in [5.41, 5.74) is 3.86. The van der Waals surface area contributed by atoms with Gasteiger partial charge in [0, 0.05) is 29.6 Å². The largest absolute Gasteiger partial charge is 0.355 e. The second-order valence-corrected chi connectivity index (χ2v) is 8.42. The maximum atomic E-state index is 12.1. The van der Waals surface area contributed by atoms with Crippen LogP contribution in [0.3, 0.4) is 0 Å². The number of benzene rings is 2. The van der Waals surface area contributed by atoms with E-state index in [9.17, 15) is 4.79 Å². The Morgan fingerprint density at radius 3 is 2.59 bits per heavy atom. The van der Waals surface area contributed by atoms with E-state index in [1.807, 2.05) is 36.4 Å². The van der Waals surface area contributed by atoms with Crippen LogP contribution in [0, 0.1) is 0 Å². The molecule has 0 spiro atoms. The first-order chi connectivity index (χ1) is 15.7. The van der Waals surface area contributed by atoms with Gasteiger partial charge in [0.1, 0.15) is 0 Å². The number of rotatable bonds is 9. The molecule has 6 nitrogen and oxygen atoms in total. The minimum atomic E-state index is 0.0244. The summed E-state index contributed by atoms with van der Waals surface area (Å²) in [6, 6.07) is 20.3. The van der Waals surface area contributed by atoms with Crippen molar-refractivity contribution in [3.05, 3.63) is 60.7 Å². The Hall–Kier alpha value is -3.19. The molecule has 0 aliphatic heterocycles. The van der Waals surface area contributed by atoms with Crippen molar-refractivity contribution in [2.24, 2.45) is 0 Å². The van der Waals surface area contributed by atoms with Crippen LogP contribution in [-0.2, 0) is 11.3 Å². The predicted molar refractivity (Wildman–Crippen MR) is 131 cm³/mol.